The molecule has 0 saturated heterocycles. The molecule has 1 aromatic carbocycles. The Hall–Kier alpha value is -1.61. The number of hydrogen-bond donors (Lipinski definition) is 2. The molecule has 0 radical (unpaired) electrons. The van der Waals surface area contributed by atoms with E-state index in [1.165, 1.54) is 6.92 Å². The van der Waals surface area contributed by atoms with E-state index in [4.69, 9.17) is 0 Å². The second kappa shape index (κ2) is 4.49. The molecule has 4 nitrogen and oxygen atoms in total. The van der Waals surface area contributed by atoms with Crippen molar-refractivity contribution in [3.63, 3.8) is 0 Å². The van der Waals surface area contributed by atoms with Crippen LogP contribution in [0.2, 0.25) is 0 Å². The first kappa shape index (κ1) is 13.8. The van der Waals surface area contributed by atoms with Crippen LogP contribution in [-0.4, -0.2) is 19.9 Å². The van der Waals surface area contributed by atoms with Crippen molar-refractivity contribution in [3.8, 4) is 0 Å². The topological polar surface area (TPSA) is 62.0 Å². The van der Waals surface area contributed by atoms with Gasteiger partial charge in [-0.05, 0) is 0 Å². The minimum absolute atomic E-state index is 0.00276. The van der Waals surface area contributed by atoms with Gasteiger partial charge < -0.3 is 4.98 Å². The van der Waals surface area contributed by atoms with E-state index < -0.39 is 49.1 Å². The summed E-state index contributed by atoms with van der Waals surface area (Å²) in [7, 11) is -4.14. The Balaban J connectivity index is 2.88. The summed E-state index contributed by atoms with van der Waals surface area (Å²) in [5.74, 6) is -7.49. The van der Waals surface area contributed by atoms with Gasteiger partial charge in [0, 0.05) is 12.7 Å². The van der Waals surface area contributed by atoms with Crippen LogP contribution in [0.4, 0.5) is 17.6 Å². The van der Waals surface area contributed by atoms with E-state index in [9.17, 15) is 26.0 Å². The highest BCUT2D eigenvalue weighted by Gasteiger charge is 2.28. The maximum atomic E-state index is 13.6. The minimum atomic E-state index is -4.14. The lowest BCUT2D eigenvalue weighted by Gasteiger charge is -2.04. The third kappa shape index (κ3) is 1.98. The van der Waals surface area contributed by atoms with Gasteiger partial charge >= 0.3 is 0 Å². The van der Waals surface area contributed by atoms with E-state index in [0.717, 1.165) is 6.20 Å². The van der Waals surface area contributed by atoms with E-state index in [-0.39, 0.29) is 6.54 Å². The zero-order valence-electron chi connectivity index (χ0n) is 9.52. The van der Waals surface area contributed by atoms with Gasteiger partial charge in [-0.3, -0.25) is 0 Å². The maximum absolute atomic E-state index is 13.6. The summed E-state index contributed by atoms with van der Waals surface area (Å²) in [5.41, 5.74) is -0.743. The molecule has 0 spiro atoms. The summed E-state index contributed by atoms with van der Waals surface area (Å²) in [6.07, 6.45) is 0.772. The van der Waals surface area contributed by atoms with Crippen LogP contribution >= 0.6 is 0 Å². The average molecular weight is 296 g/mol. The van der Waals surface area contributed by atoms with Crippen molar-refractivity contribution in [2.75, 3.05) is 6.54 Å². The molecule has 1 aromatic heterocycles. The van der Waals surface area contributed by atoms with Gasteiger partial charge in [0.25, 0.3) is 0 Å². The van der Waals surface area contributed by atoms with Crippen molar-refractivity contribution in [1.29, 1.82) is 0 Å². The molecule has 2 rings (SSSR count). The van der Waals surface area contributed by atoms with Gasteiger partial charge in [0.05, 0.1) is 10.9 Å². The van der Waals surface area contributed by atoms with Gasteiger partial charge in [-0.15, -0.1) is 0 Å². The molecule has 0 amide bonds. The number of hydrogen-bond acceptors (Lipinski definition) is 2. The fourth-order valence-corrected chi connectivity index (χ4v) is 2.90. The average Bonchev–Trinajstić information content (AvgIpc) is 2.79. The van der Waals surface area contributed by atoms with Crippen molar-refractivity contribution >= 4 is 20.9 Å². The molecule has 0 aliphatic rings. The lowest BCUT2D eigenvalue weighted by molar-refractivity contribution is 0.417. The van der Waals surface area contributed by atoms with Crippen LogP contribution in [0.15, 0.2) is 11.1 Å². The Bertz CT molecular complexity index is 755. The van der Waals surface area contributed by atoms with Gasteiger partial charge in [-0.25, -0.2) is 30.7 Å². The largest absolute Gasteiger partial charge is 0.357 e. The number of fused-ring (bicyclic) bond motifs is 1. The highest BCUT2D eigenvalue weighted by atomic mass is 32.2. The van der Waals surface area contributed by atoms with Crippen LogP contribution in [0.1, 0.15) is 6.92 Å². The van der Waals surface area contributed by atoms with Gasteiger partial charge in [0.1, 0.15) is 4.90 Å². The first-order valence-electron chi connectivity index (χ1n) is 5.14. The van der Waals surface area contributed by atoms with E-state index >= 15 is 0 Å². The van der Waals surface area contributed by atoms with Crippen LogP contribution in [0.3, 0.4) is 0 Å². The molecule has 0 fully saturated rings. The summed E-state index contributed by atoms with van der Waals surface area (Å²) in [6, 6.07) is 0. The quantitative estimate of drug-likeness (QED) is 0.517. The standard InChI is InChI=1S/C10H8F4N2O2S/c1-2-16-19(17,18)4-3-15-10-5(4)6(11)7(12)8(13)9(10)14/h3,15-16H,2H2,1H3. The third-order valence-electron chi connectivity index (χ3n) is 2.48. The summed E-state index contributed by atoms with van der Waals surface area (Å²) in [6.45, 7) is 1.48. The predicted molar refractivity (Wildman–Crippen MR) is 59.0 cm³/mol. The molecule has 0 aliphatic heterocycles. The summed E-state index contributed by atoms with van der Waals surface area (Å²) < 4.78 is 78.6. The normalized spacial score (nSPS) is 12.3. The number of benzene rings is 1. The van der Waals surface area contributed by atoms with E-state index in [1.807, 2.05) is 4.72 Å². The smallest absolute Gasteiger partial charge is 0.242 e. The van der Waals surface area contributed by atoms with Crippen LogP contribution < -0.4 is 4.72 Å². The zero-order chi connectivity index (χ0) is 14.4. The summed E-state index contributed by atoms with van der Waals surface area (Å²) in [4.78, 5) is 1.41. The zero-order valence-corrected chi connectivity index (χ0v) is 10.3. The molecule has 0 bridgehead atoms. The van der Waals surface area contributed by atoms with E-state index in [2.05, 4.69) is 4.98 Å². The van der Waals surface area contributed by atoms with Crippen molar-refractivity contribution < 1.29 is 26.0 Å². The van der Waals surface area contributed by atoms with Crippen molar-refractivity contribution in [2.45, 2.75) is 11.8 Å². The van der Waals surface area contributed by atoms with Gasteiger partial charge in [0.2, 0.25) is 10.0 Å². The number of rotatable bonds is 3. The van der Waals surface area contributed by atoms with E-state index in [0.29, 0.717) is 0 Å². The molecule has 0 saturated carbocycles. The minimum Gasteiger partial charge on any atom is -0.357 e. The third-order valence-corrected chi connectivity index (χ3v) is 4.05. The molecule has 9 heteroatoms. The highest BCUT2D eigenvalue weighted by molar-refractivity contribution is 7.89. The van der Waals surface area contributed by atoms with Crippen LogP contribution in [0.5, 0.6) is 0 Å². The lowest BCUT2D eigenvalue weighted by Crippen LogP contribution is -2.23. The van der Waals surface area contributed by atoms with Gasteiger partial charge in [-0.2, -0.15) is 0 Å². The van der Waals surface area contributed by atoms with Crippen LogP contribution in [-0.2, 0) is 10.0 Å². The monoisotopic (exact) mass is 296 g/mol. The Morgan fingerprint density at radius 3 is 2.26 bits per heavy atom. The Morgan fingerprint density at radius 1 is 1.11 bits per heavy atom. The number of aromatic amines is 1. The van der Waals surface area contributed by atoms with E-state index in [1.54, 1.807) is 0 Å². The first-order chi connectivity index (χ1) is 8.81. The molecule has 0 unspecified atom stereocenters. The molecule has 2 N–H and O–H groups in total. The summed E-state index contributed by atoms with van der Waals surface area (Å²) in [5, 5.41) is -0.850. The van der Waals surface area contributed by atoms with Crippen molar-refractivity contribution in [2.24, 2.45) is 0 Å². The Kier molecular flexibility index (Phi) is 3.27. The molecular formula is C10H8F4N2O2S. The Morgan fingerprint density at radius 2 is 1.68 bits per heavy atom. The fraction of sp³-hybridized carbons (Fsp3) is 0.200. The van der Waals surface area contributed by atoms with Crippen LogP contribution in [0.25, 0.3) is 10.9 Å². The SMILES string of the molecule is CCNS(=O)(=O)c1c[nH]c2c(F)c(F)c(F)c(F)c12. The van der Waals surface area contributed by atoms with Gasteiger partial charge in [-0.1, -0.05) is 6.92 Å². The molecule has 0 atom stereocenters. The highest BCUT2D eigenvalue weighted by Crippen LogP contribution is 2.31. The second-order valence-electron chi connectivity index (χ2n) is 3.66. The molecule has 19 heavy (non-hydrogen) atoms. The maximum Gasteiger partial charge on any atom is 0.242 e. The fourth-order valence-electron chi connectivity index (χ4n) is 1.69. The number of aromatic nitrogens is 1. The molecule has 1 heterocycles. The second-order valence-corrected chi connectivity index (χ2v) is 5.40. The van der Waals surface area contributed by atoms with Crippen molar-refractivity contribution in [3.05, 3.63) is 29.5 Å². The Labute approximate surface area is 105 Å². The first-order valence-corrected chi connectivity index (χ1v) is 6.62. The van der Waals surface area contributed by atoms with Gasteiger partial charge in [0.15, 0.2) is 23.3 Å². The number of nitrogens with one attached hydrogen (secondary N) is 2. The number of H-pyrrole nitrogens is 1. The lowest BCUT2D eigenvalue weighted by atomic mass is 10.2. The molecule has 104 valence electrons. The number of sulfonamides is 1. The van der Waals surface area contributed by atoms with Crippen molar-refractivity contribution in [1.82, 2.24) is 9.71 Å². The molecule has 2 aromatic rings. The van der Waals surface area contributed by atoms with Crippen LogP contribution in [0, 0.1) is 23.3 Å². The number of halogens is 4. The molecule has 0 aliphatic carbocycles. The summed E-state index contributed by atoms with van der Waals surface area (Å²) >= 11 is 0. The molecular weight excluding hydrogens is 288 g/mol. The predicted octanol–water partition coefficient (Wildman–Crippen LogP) is 2.02.